The van der Waals surface area contributed by atoms with E-state index in [0.29, 0.717) is 25.1 Å². The number of hydrogen-bond acceptors (Lipinski definition) is 6. The van der Waals surface area contributed by atoms with E-state index in [0.717, 1.165) is 6.42 Å². The summed E-state index contributed by atoms with van der Waals surface area (Å²) in [7, 11) is 0. The zero-order valence-electron chi connectivity index (χ0n) is 17.0. The van der Waals surface area contributed by atoms with Crippen LogP contribution in [0.4, 0.5) is 10.5 Å². The first-order chi connectivity index (χ1) is 14.5. The number of ether oxygens (including phenoxy) is 2. The monoisotopic (exact) mass is 415 g/mol. The highest BCUT2D eigenvalue weighted by Gasteiger charge is 2.32. The van der Waals surface area contributed by atoms with Gasteiger partial charge in [0.15, 0.2) is 0 Å². The molecular weight excluding hydrogens is 390 g/mol. The van der Waals surface area contributed by atoms with Crippen LogP contribution in [-0.4, -0.2) is 49.7 Å². The van der Waals surface area contributed by atoms with Crippen molar-refractivity contribution in [1.29, 1.82) is 0 Å². The summed E-state index contributed by atoms with van der Waals surface area (Å²) in [6, 6.07) is 5.69. The third-order valence-corrected chi connectivity index (χ3v) is 4.98. The average molecular weight is 415 g/mol. The molecule has 2 heterocycles. The van der Waals surface area contributed by atoms with E-state index >= 15 is 0 Å². The molecule has 2 N–H and O–H groups in total. The minimum absolute atomic E-state index is 0.0426. The van der Waals surface area contributed by atoms with Crippen LogP contribution in [0.15, 0.2) is 35.5 Å². The van der Waals surface area contributed by atoms with E-state index in [2.05, 4.69) is 10.6 Å². The molecule has 1 atom stereocenters. The molecule has 0 aromatic heterocycles. The fourth-order valence-corrected chi connectivity index (χ4v) is 3.58. The summed E-state index contributed by atoms with van der Waals surface area (Å²) in [6.07, 6.45) is 1.64. The Labute approximate surface area is 174 Å². The number of carbonyl (C=O) groups is 4. The predicted octanol–water partition coefficient (Wildman–Crippen LogP) is 1.88. The second-order valence-corrected chi connectivity index (χ2v) is 6.91. The minimum atomic E-state index is -0.651. The lowest BCUT2D eigenvalue weighted by molar-refractivity contribution is -0.139. The second-order valence-electron chi connectivity index (χ2n) is 6.91. The molecule has 160 valence electrons. The molecule has 9 nitrogen and oxygen atoms in total. The summed E-state index contributed by atoms with van der Waals surface area (Å²) < 4.78 is 10.5. The fraction of sp³-hybridized carbons (Fsp3) is 0.429. The van der Waals surface area contributed by atoms with Crippen molar-refractivity contribution in [3.63, 3.8) is 0 Å². The molecule has 1 aromatic rings. The highest BCUT2D eigenvalue weighted by molar-refractivity contribution is 6.03. The Morgan fingerprint density at radius 1 is 1.13 bits per heavy atom. The van der Waals surface area contributed by atoms with Crippen molar-refractivity contribution in [3.05, 3.63) is 41.1 Å². The van der Waals surface area contributed by atoms with Crippen LogP contribution in [0.2, 0.25) is 0 Å². The lowest BCUT2D eigenvalue weighted by atomic mass is 10.0. The number of hydrogen-bond donors (Lipinski definition) is 2. The van der Waals surface area contributed by atoms with E-state index in [4.69, 9.17) is 9.47 Å². The number of nitrogens with zero attached hydrogens (tertiary/aromatic N) is 1. The highest BCUT2D eigenvalue weighted by atomic mass is 16.5. The summed E-state index contributed by atoms with van der Waals surface area (Å²) in [6.45, 7) is 3.92. The van der Waals surface area contributed by atoms with Gasteiger partial charge in [-0.25, -0.2) is 14.4 Å². The van der Waals surface area contributed by atoms with Gasteiger partial charge in [-0.2, -0.15) is 0 Å². The summed E-state index contributed by atoms with van der Waals surface area (Å²) in [4.78, 5) is 50.8. The fourth-order valence-electron chi connectivity index (χ4n) is 3.58. The number of esters is 2. The molecule has 0 bridgehead atoms. The van der Waals surface area contributed by atoms with Crippen molar-refractivity contribution < 1.29 is 28.7 Å². The normalized spacial score (nSPS) is 18.7. The minimum Gasteiger partial charge on any atom is -0.463 e. The van der Waals surface area contributed by atoms with Gasteiger partial charge in [-0.15, -0.1) is 0 Å². The smallest absolute Gasteiger partial charge is 0.340 e. The zero-order valence-corrected chi connectivity index (χ0v) is 17.0. The zero-order chi connectivity index (χ0) is 21.7. The first-order valence-corrected chi connectivity index (χ1v) is 10.00. The van der Waals surface area contributed by atoms with Gasteiger partial charge in [-0.1, -0.05) is 19.1 Å². The van der Waals surface area contributed by atoms with Gasteiger partial charge in [0.05, 0.1) is 35.2 Å². The van der Waals surface area contributed by atoms with Gasteiger partial charge in [0, 0.05) is 13.0 Å². The van der Waals surface area contributed by atoms with Crippen LogP contribution in [0, 0.1) is 0 Å². The van der Waals surface area contributed by atoms with Gasteiger partial charge in [0.2, 0.25) is 5.91 Å². The number of carbonyl (C=O) groups excluding carboxylic acids is 4. The standard InChI is InChI=1S/C21H25N3O6/c1-3-14-18(20(27)29-4-2)15(23-21(28)22-14)12-30-19(26)13-8-5-6-9-16(13)24-11-7-10-17(24)25/h5-6,8-9,14H,3-4,7,10-12H2,1-2H3,(H2,22,23,28)/t14-/m0/s1. The molecule has 2 aliphatic rings. The summed E-state index contributed by atoms with van der Waals surface area (Å²) in [5.41, 5.74) is 1.16. The van der Waals surface area contributed by atoms with Gasteiger partial charge in [-0.05, 0) is 31.9 Å². The second kappa shape index (κ2) is 9.43. The van der Waals surface area contributed by atoms with Crippen LogP contribution >= 0.6 is 0 Å². The summed E-state index contributed by atoms with van der Waals surface area (Å²) in [5, 5.41) is 5.20. The molecule has 1 aromatic carbocycles. The molecule has 0 spiro atoms. The van der Waals surface area contributed by atoms with Crippen LogP contribution in [0.25, 0.3) is 0 Å². The predicted molar refractivity (Wildman–Crippen MR) is 108 cm³/mol. The van der Waals surface area contributed by atoms with Crippen LogP contribution < -0.4 is 15.5 Å². The molecule has 3 rings (SSSR count). The van der Waals surface area contributed by atoms with Crippen LogP contribution in [0.3, 0.4) is 0 Å². The maximum atomic E-state index is 12.8. The molecule has 1 fully saturated rings. The first kappa shape index (κ1) is 21.4. The van der Waals surface area contributed by atoms with E-state index in [-0.39, 0.29) is 36.0 Å². The number of anilines is 1. The molecule has 0 saturated carbocycles. The lowest BCUT2D eigenvalue weighted by Gasteiger charge is -2.28. The van der Waals surface area contributed by atoms with Crippen LogP contribution in [0.1, 0.15) is 43.5 Å². The van der Waals surface area contributed by atoms with E-state index in [1.807, 2.05) is 6.92 Å². The van der Waals surface area contributed by atoms with E-state index in [1.165, 1.54) is 0 Å². The Kier molecular flexibility index (Phi) is 6.71. The molecule has 0 radical (unpaired) electrons. The number of nitrogens with one attached hydrogen (secondary N) is 2. The summed E-state index contributed by atoms with van der Waals surface area (Å²) >= 11 is 0. The van der Waals surface area contributed by atoms with Gasteiger partial charge < -0.3 is 25.0 Å². The molecule has 1 saturated heterocycles. The van der Waals surface area contributed by atoms with E-state index in [1.54, 1.807) is 36.1 Å². The Balaban J connectivity index is 1.82. The largest absolute Gasteiger partial charge is 0.463 e. The quantitative estimate of drug-likeness (QED) is 0.658. The Hall–Kier alpha value is -3.36. The van der Waals surface area contributed by atoms with Crippen LogP contribution in [0.5, 0.6) is 0 Å². The van der Waals surface area contributed by atoms with Gasteiger partial charge >= 0.3 is 18.0 Å². The van der Waals surface area contributed by atoms with Crippen molar-refractivity contribution in [2.45, 2.75) is 39.2 Å². The van der Waals surface area contributed by atoms with E-state index in [9.17, 15) is 19.2 Å². The van der Waals surface area contributed by atoms with Gasteiger partial charge in [0.1, 0.15) is 6.61 Å². The molecule has 0 aliphatic carbocycles. The van der Waals surface area contributed by atoms with Crippen molar-refractivity contribution >= 4 is 29.6 Å². The third-order valence-electron chi connectivity index (χ3n) is 4.98. The molecular formula is C21H25N3O6. The molecule has 9 heteroatoms. The molecule has 2 aliphatic heterocycles. The van der Waals surface area contributed by atoms with Crippen molar-refractivity contribution in [2.75, 3.05) is 24.7 Å². The van der Waals surface area contributed by atoms with Crippen molar-refractivity contribution in [2.24, 2.45) is 0 Å². The maximum absolute atomic E-state index is 12.8. The average Bonchev–Trinajstić information content (AvgIpc) is 3.17. The van der Waals surface area contributed by atoms with Gasteiger partial charge in [0.25, 0.3) is 0 Å². The number of benzene rings is 1. The van der Waals surface area contributed by atoms with Crippen molar-refractivity contribution in [3.8, 4) is 0 Å². The molecule has 30 heavy (non-hydrogen) atoms. The number of rotatable bonds is 7. The Morgan fingerprint density at radius 3 is 2.57 bits per heavy atom. The maximum Gasteiger partial charge on any atom is 0.340 e. The lowest BCUT2D eigenvalue weighted by Crippen LogP contribution is -2.51. The van der Waals surface area contributed by atoms with Crippen LogP contribution in [-0.2, 0) is 19.1 Å². The summed E-state index contributed by atoms with van der Waals surface area (Å²) in [5.74, 6) is -1.27. The third kappa shape index (κ3) is 4.45. The SMILES string of the molecule is CCOC(=O)C1=C(COC(=O)c2ccccc2N2CCCC2=O)NC(=O)N[C@H]1CC. The molecule has 3 amide bonds. The molecule has 0 unspecified atom stereocenters. The van der Waals surface area contributed by atoms with E-state index < -0.39 is 24.0 Å². The topological polar surface area (TPSA) is 114 Å². The number of amides is 3. The first-order valence-electron chi connectivity index (χ1n) is 10.00. The highest BCUT2D eigenvalue weighted by Crippen LogP contribution is 2.26. The van der Waals surface area contributed by atoms with Gasteiger partial charge in [-0.3, -0.25) is 4.79 Å². The van der Waals surface area contributed by atoms with Crippen molar-refractivity contribution in [1.82, 2.24) is 10.6 Å². The number of urea groups is 1. The Bertz CT molecular complexity index is 894. The Morgan fingerprint density at radius 2 is 1.90 bits per heavy atom. The number of para-hydroxylation sites is 1.